The van der Waals surface area contributed by atoms with Crippen LogP contribution in [-0.2, 0) is 0 Å². The predicted octanol–water partition coefficient (Wildman–Crippen LogP) is 20.6. The maximum Gasteiger partial charge on any atom is 0.0619 e. The number of aromatic nitrogens is 1. The minimum absolute atomic E-state index is 1.07. The van der Waals surface area contributed by atoms with Crippen molar-refractivity contribution in [3.63, 3.8) is 0 Å². The first-order valence-corrected chi connectivity index (χ1v) is 26.1. The lowest BCUT2D eigenvalue weighted by atomic mass is 9.93. The van der Waals surface area contributed by atoms with Crippen LogP contribution in [0, 0.1) is 0 Å². The Kier molecular flexibility index (Phi) is 11.2. The summed E-state index contributed by atoms with van der Waals surface area (Å²) in [5.74, 6) is 0. The van der Waals surface area contributed by atoms with Crippen LogP contribution < -0.4 is 4.90 Å². The smallest absolute Gasteiger partial charge is 0.0619 e. The van der Waals surface area contributed by atoms with Crippen LogP contribution in [0.15, 0.2) is 303 Å². The maximum atomic E-state index is 2.45. The molecule has 0 amide bonds. The lowest BCUT2D eigenvalue weighted by Crippen LogP contribution is -2.10. The molecular formula is C74H50N2. The molecule has 0 aliphatic rings. The summed E-state index contributed by atoms with van der Waals surface area (Å²) >= 11 is 0. The third-order valence-electron chi connectivity index (χ3n) is 15.2. The molecule has 0 atom stereocenters. The number of hydrogen-bond donors (Lipinski definition) is 0. The zero-order valence-corrected chi connectivity index (χ0v) is 41.8. The first-order valence-electron chi connectivity index (χ1n) is 26.1. The van der Waals surface area contributed by atoms with Crippen LogP contribution >= 0.6 is 0 Å². The van der Waals surface area contributed by atoms with E-state index in [1.807, 2.05) is 0 Å². The van der Waals surface area contributed by atoms with Crippen molar-refractivity contribution in [3.8, 4) is 72.4 Å². The number of para-hydroxylation sites is 1. The van der Waals surface area contributed by atoms with Gasteiger partial charge in [-0.1, -0.05) is 231 Å². The van der Waals surface area contributed by atoms with Crippen molar-refractivity contribution in [1.82, 2.24) is 4.57 Å². The fourth-order valence-electron chi connectivity index (χ4n) is 11.5. The summed E-state index contributed by atoms with van der Waals surface area (Å²) in [6, 6.07) is 111. The maximum absolute atomic E-state index is 2.45. The first kappa shape index (κ1) is 44.7. The van der Waals surface area contributed by atoms with Gasteiger partial charge in [0, 0.05) is 38.9 Å². The molecule has 0 radical (unpaired) electrons. The van der Waals surface area contributed by atoms with E-state index in [9.17, 15) is 0 Å². The average Bonchev–Trinajstić information content (AvgIpc) is 3.89. The van der Waals surface area contributed by atoms with E-state index in [0.717, 1.165) is 33.9 Å². The van der Waals surface area contributed by atoms with E-state index in [4.69, 9.17) is 0 Å². The summed E-state index contributed by atoms with van der Waals surface area (Å²) in [7, 11) is 0. The summed E-state index contributed by atoms with van der Waals surface area (Å²) in [5.41, 5.74) is 21.0. The Hall–Kier alpha value is -10.0. The molecular weight excluding hydrogens is 917 g/mol. The van der Waals surface area contributed by atoms with E-state index in [0.29, 0.717) is 0 Å². The molecule has 0 fully saturated rings. The fraction of sp³-hybridized carbons (Fsp3) is 0. The first-order chi connectivity index (χ1) is 37.7. The van der Waals surface area contributed by atoms with Crippen LogP contribution in [0.5, 0.6) is 0 Å². The van der Waals surface area contributed by atoms with E-state index in [1.54, 1.807) is 0 Å². The van der Waals surface area contributed by atoms with Crippen molar-refractivity contribution in [2.75, 3.05) is 4.90 Å². The Bertz CT molecular complexity index is 4340. The molecule has 1 heterocycles. The molecule has 0 unspecified atom stereocenters. The molecule has 13 aromatic carbocycles. The molecule has 0 aliphatic carbocycles. The second-order valence-corrected chi connectivity index (χ2v) is 19.7. The predicted molar refractivity (Wildman–Crippen MR) is 323 cm³/mol. The standard InChI is InChI=1S/C74H50N2/c1-4-17-51(18-5-1)60-47-61(52-19-6-2-7-20-52)49-62(48-60)55-39-44-65(45-40-55)75(64-42-37-54(38-43-64)53-33-35-58(36-34-53)68-30-15-23-56-21-10-12-28-67(56)68)66-27-14-24-59(50-66)69-31-16-32-72-73(69)71-46-41-57-22-11-13-29-70(57)74(71)76(72)63-25-8-3-9-26-63/h1-50H. The molecule has 0 N–H and O–H groups in total. The molecule has 0 saturated carbocycles. The van der Waals surface area contributed by atoms with E-state index in [2.05, 4.69) is 313 Å². The third kappa shape index (κ3) is 8.10. The fourth-order valence-corrected chi connectivity index (χ4v) is 11.5. The highest BCUT2D eigenvalue weighted by Gasteiger charge is 2.20. The van der Waals surface area contributed by atoms with Gasteiger partial charge in [0.1, 0.15) is 0 Å². The molecule has 76 heavy (non-hydrogen) atoms. The van der Waals surface area contributed by atoms with Crippen molar-refractivity contribution in [1.29, 1.82) is 0 Å². The highest BCUT2D eigenvalue weighted by molar-refractivity contribution is 6.22. The largest absolute Gasteiger partial charge is 0.310 e. The van der Waals surface area contributed by atoms with Crippen molar-refractivity contribution >= 4 is 60.4 Å². The van der Waals surface area contributed by atoms with Gasteiger partial charge < -0.3 is 9.47 Å². The quantitative estimate of drug-likeness (QED) is 0.133. The third-order valence-corrected chi connectivity index (χ3v) is 15.2. The van der Waals surface area contributed by atoms with Crippen molar-refractivity contribution < 1.29 is 0 Å². The van der Waals surface area contributed by atoms with Gasteiger partial charge in [0.05, 0.1) is 11.0 Å². The van der Waals surface area contributed by atoms with Gasteiger partial charge in [-0.25, -0.2) is 0 Å². The number of anilines is 3. The van der Waals surface area contributed by atoms with Gasteiger partial charge in [-0.05, 0) is 156 Å². The number of benzene rings is 13. The molecule has 356 valence electrons. The number of rotatable bonds is 10. The Morgan fingerprint density at radius 3 is 1.32 bits per heavy atom. The highest BCUT2D eigenvalue weighted by atomic mass is 15.1. The zero-order valence-electron chi connectivity index (χ0n) is 41.8. The molecule has 2 nitrogen and oxygen atoms in total. The van der Waals surface area contributed by atoms with Crippen LogP contribution in [0.1, 0.15) is 0 Å². The monoisotopic (exact) mass is 966 g/mol. The SMILES string of the molecule is c1ccc(-c2cc(-c3ccccc3)cc(-c3ccc(N(c4ccc(-c5ccc(-c6cccc7ccccc67)cc5)cc4)c4cccc(-c5cccc6c5c5ccc7ccccc7c5n6-c5ccccc5)c4)cc3)c2)cc1. The number of fused-ring (bicyclic) bond motifs is 6. The molecule has 14 aromatic rings. The average molecular weight is 967 g/mol. The topological polar surface area (TPSA) is 8.17 Å². The Balaban J connectivity index is 0.889. The Morgan fingerprint density at radius 1 is 0.237 bits per heavy atom. The molecule has 2 heteroatoms. The van der Waals surface area contributed by atoms with Crippen molar-refractivity contribution in [2.24, 2.45) is 0 Å². The van der Waals surface area contributed by atoms with Crippen LogP contribution in [0.25, 0.3) is 116 Å². The summed E-state index contributed by atoms with van der Waals surface area (Å²) < 4.78 is 2.45. The van der Waals surface area contributed by atoms with Crippen LogP contribution in [0.3, 0.4) is 0 Å². The van der Waals surface area contributed by atoms with E-state index in [1.165, 1.54) is 99.0 Å². The Labute approximate surface area is 443 Å². The van der Waals surface area contributed by atoms with Gasteiger partial charge >= 0.3 is 0 Å². The molecule has 0 bridgehead atoms. The second kappa shape index (κ2) is 19.1. The molecule has 0 spiro atoms. The van der Waals surface area contributed by atoms with E-state index >= 15 is 0 Å². The minimum Gasteiger partial charge on any atom is -0.310 e. The minimum atomic E-state index is 1.07. The number of hydrogen-bond acceptors (Lipinski definition) is 1. The van der Waals surface area contributed by atoms with Gasteiger partial charge in [-0.15, -0.1) is 0 Å². The lowest BCUT2D eigenvalue weighted by Gasteiger charge is -2.26. The molecule has 0 aliphatic heterocycles. The van der Waals surface area contributed by atoms with Crippen LogP contribution in [0.4, 0.5) is 17.1 Å². The molecule has 0 saturated heterocycles. The normalized spacial score (nSPS) is 11.4. The zero-order chi connectivity index (χ0) is 50.4. The van der Waals surface area contributed by atoms with Gasteiger partial charge in [-0.3, -0.25) is 0 Å². The lowest BCUT2D eigenvalue weighted by molar-refractivity contribution is 1.19. The second-order valence-electron chi connectivity index (χ2n) is 19.7. The van der Waals surface area contributed by atoms with Crippen molar-refractivity contribution in [2.45, 2.75) is 0 Å². The van der Waals surface area contributed by atoms with Crippen LogP contribution in [-0.4, -0.2) is 4.57 Å². The highest BCUT2D eigenvalue weighted by Crippen LogP contribution is 2.44. The van der Waals surface area contributed by atoms with Gasteiger partial charge in [-0.2, -0.15) is 0 Å². The summed E-state index contributed by atoms with van der Waals surface area (Å²) in [4.78, 5) is 2.40. The van der Waals surface area contributed by atoms with E-state index in [-0.39, 0.29) is 0 Å². The summed E-state index contributed by atoms with van der Waals surface area (Å²) in [5, 5.41) is 7.45. The summed E-state index contributed by atoms with van der Waals surface area (Å²) in [6.07, 6.45) is 0. The van der Waals surface area contributed by atoms with Gasteiger partial charge in [0.15, 0.2) is 0 Å². The van der Waals surface area contributed by atoms with Crippen molar-refractivity contribution in [3.05, 3.63) is 303 Å². The molecule has 1 aromatic heterocycles. The number of nitrogens with zero attached hydrogens (tertiary/aromatic N) is 2. The Morgan fingerprint density at radius 2 is 0.684 bits per heavy atom. The molecule has 14 rings (SSSR count). The van der Waals surface area contributed by atoms with Crippen LogP contribution in [0.2, 0.25) is 0 Å². The van der Waals surface area contributed by atoms with Gasteiger partial charge in [0.2, 0.25) is 0 Å². The van der Waals surface area contributed by atoms with Gasteiger partial charge in [0.25, 0.3) is 0 Å². The van der Waals surface area contributed by atoms with E-state index < -0.39 is 0 Å². The summed E-state index contributed by atoms with van der Waals surface area (Å²) in [6.45, 7) is 0.